The summed E-state index contributed by atoms with van der Waals surface area (Å²) in [5.74, 6) is -0.906. The van der Waals surface area contributed by atoms with Gasteiger partial charge in [-0.15, -0.1) is 11.8 Å². The maximum atomic E-state index is 12.4. The quantitative estimate of drug-likeness (QED) is 0.834. The Labute approximate surface area is 145 Å². The summed E-state index contributed by atoms with van der Waals surface area (Å²) in [6, 6.07) is 9.45. The molecule has 0 amide bonds. The average molecular weight is 349 g/mol. The van der Waals surface area contributed by atoms with Crippen LogP contribution in [0.15, 0.2) is 46.1 Å². The third kappa shape index (κ3) is 3.54. The number of hydrogen-bond donors (Lipinski definition) is 1. The summed E-state index contributed by atoms with van der Waals surface area (Å²) >= 11 is 7.54. The molecule has 1 atom stereocenters. The Bertz CT molecular complexity index is 734. The number of nitrogens with zero attached hydrogens (tertiary/aromatic N) is 1. The van der Waals surface area contributed by atoms with Gasteiger partial charge < -0.3 is 10.1 Å². The number of nitrogens with one attached hydrogen (secondary N) is 1. The normalized spacial score (nSPS) is 17.6. The summed E-state index contributed by atoms with van der Waals surface area (Å²) in [7, 11) is 0. The summed E-state index contributed by atoms with van der Waals surface area (Å²) in [6.45, 7) is 3.85. The van der Waals surface area contributed by atoms with Gasteiger partial charge in [-0.2, -0.15) is 5.26 Å². The highest BCUT2D eigenvalue weighted by molar-refractivity contribution is 8.02. The summed E-state index contributed by atoms with van der Waals surface area (Å²) < 4.78 is 5.19. The number of halogens is 1. The molecule has 0 bridgehead atoms. The fraction of sp³-hybridized carbons (Fsp3) is 0.294. The van der Waals surface area contributed by atoms with Gasteiger partial charge >= 0.3 is 5.97 Å². The molecule has 1 unspecified atom stereocenters. The van der Waals surface area contributed by atoms with Gasteiger partial charge in [0.25, 0.3) is 0 Å². The molecule has 1 heterocycles. The fourth-order valence-corrected chi connectivity index (χ4v) is 3.41. The van der Waals surface area contributed by atoms with E-state index < -0.39 is 11.9 Å². The van der Waals surface area contributed by atoms with Crippen molar-refractivity contribution in [2.45, 2.75) is 19.8 Å². The number of carbonyl (C=O) groups is 1. The van der Waals surface area contributed by atoms with Crippen LogP contribution in [-0.2, 0) is 9.53 Å². The Morgan fingerprint density at radius 2 is 2.26 bits per heavy atom. The van der Waals surface area contributed by atoms with Gasteiger partial charge in [-0.25, -0.2) is 4.79 Å². The van der Waals surface area contributed by atoms with E-state index in [0.717, 1.165) is 10.6 Å². The topological polar surface area (TPSA) is 62.1 Å². The van der Waals surface area contributed by atoms with Crippen molar-refractivity contribution in [2.75, 3.05) is 12.9 Å². The number of ether oxygens (including phenoxy) is 1. The van der Waals surface area contributed by atoms with E-state index in [4.69, 9.17) is 16.3 Å². The maximum Gasteiger partial charge on any atom is 0.336 e. The van der Waals surface area contributed by atoms with Crippen molar-refractivity contribution in [3.63, 3.8) is 0 Å². The van der Waals surface area contributed by atoms with Gasteiger partial charge in [-0.1, -0.05) is 23.7 Å². The molecular weight excluding hydrogens is 332 g/mol. The molecule has 0 spiro atoms. The number of esters is 1. The lowest BCUT2D eigenvalue weighted by Crippen LogP contribution is -2.28. The number of dihydropyridines is 1. The van der Waals surface area contributed by atoms with E-state index in [0.29, 0.717) is 21.9 Å². The third-order valence-corrected chi connectivity index (χ3v) is 4.49. The van der Waals surface area contributed by atoms with Crippen molar-refractivity contribution in [1.29, 1.82) is 5.26 Å². The van der Waals surface area contributed by atoms with Gasteiger partial charge in [0.2, 0.25) is 0 Å². The highest BCUT2D eigenvalue weighted by Crippen LogP contribution is 2.40. The zero-order valence-electron chi connectivity index (χ0n) is 13.1. The molecule has 0 saturated heterocycles. The van der Waals surface area contributed by atoms with Gasteiger partial charge in [-0.05, 0) is 37.8 Å². The van der Waals surface area contributed by atoms with E-state index in [1.165, 1.54) is 11.8 Å². The smallest absolute Gasteiger partial charge is 0.336 e. The van der Waals surface area contributed by atoms with E-state index in [1.807, 2.05) is 25.3 Å². The predicted molar refractivity (Wildman–Crippen MR) is 92.8 cm³/mol. The second kappa shape index (κ2) is 7.58. The van der Waals surface area contributed by atoms with Crippen LogP contribution in [0.2, 0.25) is 5.02 Å². The number of nitriles is 1. The molecule has 1 aromatic carbocycles. The highest BCUT2D eigenvalue weighted by Gasteiger charge is 2.35. The molecule has 0 fully saturated rings. The summed E-state index contributed by atoms with van der Waals surface area (Å²) in [5, 5.41) is 14.1. The first-order chi connectivity index (χ1) is 11.0. The molecule has 1 N–H and O–H groups in total. The molecule has 1 aliphatic rings. The van der Waals surface area contributed by atoms with Crippen molar-refractivity contribution in [3.8, 4) is 6.07 Å². The SMILES string of the molecule is CCOC(=O)C1=C(C)NC(SC)=C(C#N)C1c1cccc(Cl)c1. The first-order valence-electron chi connectivity index (χ1n) is 7.12. The first-order valence-corrected chi connectivity index (χ1v) is 8.72. The van der Waals surface area contributed by atoms with Gasteiger partial charge in [0.15, 0.2) is 0 Å². The summed E-state index contributed by atoms with van der Waals surface area (Å²) in [4.78, 5) is 12.4. The molecule has 0 radical (unpaired) electrons. The highest BCUT2D eigenvalue weighted by atomic mass is 35.5. The molecule has 1 aliphatic heterocycles. The molecule has 23 heavy (non-hydrogen) atoms. The minimum Gasteiger partial charge on any atom is -0.463 e. The van der Waals surface area contributed by atoms with Crippen LogP contribution in [-0.4, -0.2) is 18.8 Å². The van der Waals surface area contributed by atoms with E-state index in [1.54, 1.807) is 19.1 Å². The van der Waals surface area contributed by atoms with E-state index in [9.17, 15) is 10.1 Å². The average Bonchev–Trinajstić information content (AvgIpc) is 2.53. The molecule has 4 nitrogen and oxygen atoms in total. The zero-order chi connectivity index (χ0) is 17.0. The van der Waals surface area contributed by atoms with Gasteiger partial charge in [0.1, 0.15) is 0 Å². The Hall–Kier alpha value is -1.90. The number of carbonyl (C=O) groups excluding carboxylic acids is 1. The van der Waals surface area contributed by atoms with Gasteiger partial charge in [-0.3, -0.25) is 0 Å². The van der Waals surface area contributed by atoms with E-state index in [2.05, 4.69) is 11.4 Å². The van der Waals surface area contributed by atoms with Crippen LogP contribution >= 0.6 is 23.4 Å². The third-order valence-electron chi connectivity index (χ3n) is 3.53. The van der Waals surface area contributed by atoms with Crippen LogP contribution in [0.5, 0.6) is 0 Å². The molecule has 6 heteroatoms. The lowest BCUT2D eigenvalue weighted by atomic mass is 9.82. The largest absolute Gasteiger partial charge is 0.463 e. The van der Waals surface area contributed by atoms with Crippen LogP contribution in [0.4, 0.5) is 0 Å². The molecule has 0 aliphatic carbocycles. The van der Waals surface area contributed by atoms with Crippen LogP contribution < -0.4 is 5.32 Å². The summed E-state index contributed by atoms with van der Waals surface area (Å²) in [5.41, 5.74) is 2.43. The fourth-order valence-electron chi connectivity index (χ4n) is 2.57. The Morgan fingerprint density at radius 3 is 2.83 bits per heavy atom. The Balaban J connectivity index is 2.64. The van der Waals surface area contributed by atoms with Crippen LogP contribution in [0.25, 0.3) is 0 Å². The van der Waals surface area contributed by atoms with E-state index in [-0.39, 0.29) is 6.61 Å². The Morgan fingerprint density at radius 1 is 1.52 bits per heavy atom. The lowest BCUT2D eigenvalue weighted by Gasteiger charge is -2.29. The van der Waals surface area contributed by atoms with Gasteiger partial charge in [0.05, 0.1) is 34.8 Å². The maximum absolute atomic E-state index is 12.4. The monoisotopic (exact) mass is 348 g/mol. The standard InChI is InChI=1S/C17H17ClN2O2S/c1-4-22-17(21)14-10(2)20-16(23-3)13(9-19)15(14)11-6-5-7-12(18)8-11/h5-8,15,20H,4H2,1-3H3. The molecule has 2 rings (SSSR count). The van der Waals surface area contributed by atoms with Gasteiger partial charge in [0, 0.05) is 10.7 Å². The second-order valence-electron chi connectivity index (χ2n) is 4.93. The van der Waals surface area contributed by atoms with Crippen molar-refractivity contribution in [2.24, 2.45) is 0 Å². The molecule has 1 aromatic rings. The van der Waals surface area contributed by atoms with Crippen molar-refractivity contribution >= 4 is 29.3 Å². The van der Waals surface area contributed by atoms with E-state index >= 15 is 0 Å². The predicted octanol–water partition coefficient (Wildman–Crippen LogP) is 3.96. The van der Waals surface area contributed by atoms with Crippen LogP contribution in [0, 0.1) is 11.3 Å². The van der Waals surface area contributed by atoms with Crippen molar-refractivity contribution in [1.82, 2.24) is 5.32 Å². The minimum absolute atomic E-state index is 0.277. The van der Waals surface area contributed by atoms with Crippen molar-refractivity contribution in [3.05, 3.63) is 56.7 Å². The Kier molecular flexibility index (Phi) is 5.75. The van der Waals surface area contributed by atoms with Crippen LogP contribution in [0.3, 0.4) is 0 Å². The number of hydrogen-bond acceptors (Lipinski definition) is 5. The number of benzene rings is 1. The lowest BCUT2D eigenvalue weighted by molar-refractivity contribution is -0.138. The first kappa shape index (κ1) is 17.5. The number of allylic oxidation sites excluding steroid dienone is 2. The zero-order valence-corrected chi connectivity index (χ0v) is 14.7. The number of thioether (sulfide) groups is 1. The van der Waals surface area contributed by atoms with Crippen molar-refractivity contribution < 1.29 is 9.53 Å². The number of rotatable bonds is 4. The molecular formula is C17H17ClN2O2S. The molecule has 0 saturated carbocycles. The minimum atomic E-state index is -0.485. The summed E-state index contributed by atoms with van der Waals surface area (Å²) in [6.07, 6.45) is 1.89. The molecule has 120 valence electrons. The second-order valence-corrected chi connectivity index (χ2v) is 6.18. The molecule has 0 aromatic heterocycles. The van der Waals surface area contributed by atoms with Crippen LogP contribution in [0.1, 0.15) is 25.3 Å².